The monoisotopic (exact) mass is 333 g/mol. The highest BCUT2D eigenvalue weighted by Gasteiger charge is 2.28. The van der Waals surface area contributed by atoms with Gasteiger partial charge >= 0.3 is 0 Å². The van der Waals surface area contributed by atoms with Crippen LogP contribution in [0.2, 0.25) is 5.15 Å². The van der Waals surface area contributed by atoms with Crippen molar-refractivity contribution in [1.29, 1.82) is 0 Å². The predicted molar refractivity (Wildman–Crippen MR) is 75.0 cm³/mol. The lowest BCUT2D eigenvalue weighted by atomic mass is 10.1. The molecule has 1 N–H and O–H groups in total. The Morgan fingerprint density at radius 2 is 2.24 bits per heavy atom. The highest BCUT2D eigenvalue weighted by atomic mass is 35.5. The van der Waals surface area contributed by atoms with Crippen molar-refractivity contribution in [2.75, 3.05) is 11.5 Å². The van der Waals surface area contributed by atoms with Gasteiger partial charge in [0, 0.05) is 6.04 Å². The van der Waals surface area contributed by atoms with Crippen molar-refractivity contribution in [2.45, 2.75) is 18.9 Å². The zero-order valence-corrected chi connectivity index (χ0v) is 12.4. The maximum absolute atomic E-state index is 12.1. The molecular weight excluding hydrogens is 322 g/mol. The minimum atomic E-state index is -3.18. The van der Waals surface area contributed by atoms with Crippen LogP contribution in [0.5, 0.6) is 0 Å². The van der Waals surface area contributed by atoms with Gasteiger partial charge in [0.25, 0.3) is 11.6 Å². The minimum absolute atomic E-state index is 0.0537. The average Bonchev–Trinajstić information content (AvgIpc) is 2.36. The number of rotatable bonds is 3. The van der Waals surface area contributed by atoms with Gasteiger partial charge in [0.05, 0.1) is 16.4 Å². The first-order valence-electron chi connectivity index (χ1n) is 6.10. The number of hydrogen-bond donors (Lipinski definition) is 1. The smallest absolute Gasteiger partial charge is 0.300 e. The molecule has 0 bridgehead atoms. The van der Waals surface area contributed by atoms with Crippen LogP contribution in [0.1, 0.15) is 23.2 Å². The zero-order valence-electron chi connectivity index (χ0n) is 10.8. The van der Waals surface area contributed by atoms with Gasteiger partial charge in [0.2, 0.25) is 0 Å². The standard InChI is InChI=1S/C11H12ClN3O5S/c12-10-4-8(9(5-13-10)15(17)18)11(16)14-7-2-1-3-21(19,20)6-7/h4-5,7H,1-3,6H2,(H,14,16). The first-order chi connectivity index (χ1) is 9.78. The van der Waals surface area contributed by atoms with Crippen LogP contribution >= 0.6 is 11.6 Å². The van der Waals surface area contributed by atoms with Gasteiger partial charge < -0.3 is 5.32 Å². The van der Waals surface area contributed by atoms with Crippen LogP contribution in [-0.2, 0) is 9.84 Å². The van der Waals surface area contributed by atoms with Crippen molar-refractivity contribution in [1.82, 2.24) is 10.3 Å². The third-order valence-electron chi connectivity index (χ3n) is 3.09. The van der Waals surface area contributed by atoms with Crippen LogP contribution in [0.25, 0.3) is 0 Å². The average molecular weight is 334 g/mol. The zero-order chi connectivity index (χ0) is 15.6. The van der Waals surface area contributed by atoms with E-state index < -0.39 is 32.4 Å². The van der Waals surface area contributed by atoms with E-state index in [1.54, 1.807) is 0 Å². The third-order valence-corrected chi connectivity index (χ3v) is 5.12. The molecule has 1 atom stereocenters. The van der Waals surface area contributed by atoms with Crippen LogP contribution in [0.15, 0.2) is 12.3 Å². The third kappa shape index (κ3) is 3.88. The maximum Gasteiger partial charge on any atom is 0.300 e. The van der Waals surface area contributed by atoms with Crippen LogP contribution in [0.3, 0.4) is 0 Å². The molecule has 0 saturated carbocycles. The lowest BCUT2D eigenvalue weighted by molar-refractivity contribution is -0.385. The van der Waals surface area contributed by atoms with E-state index >= 15 is 0 Å². The van der Waals surface area contributed by atoms with Crippen LogP contribution in [-0.4, -0.2) is 41.8 Å². The number of nitrogens with one attached hydrogen (secondary N) is 1. The number of carbonyl (C=O) groups is 1. The summed E-state index contributed by atoms with van der Waals surface area (Å²) in [6.45, 7) is 0. The molecule has 0 aliphatic carbocycles. The van der Waals surface area contributed by atoms with Crippen molar-refractivity contribution in [3.05, 3.63) is 33.1 Å². The molecule has 8 nitrogen and oxygen atoms in total. The molecule has 1 saturated heterocycles. The normalized spacial score (nSPS) is 20.7. The van der Waals surface area contributed by atoms with E-state index in [1.807, 2.05) is 0 Å². The number of halogens is 1. The maximum atomic E-state index is 12.1. The second-order valence-electron chi connectivity index (χ2n) is 4.71. The number of hydrogen-bond acceptors (Lipinski definition) is 6. The fourth-order valence-corrected chi connectivity index (χ4v) is 3.94. The summed E-state index contributed by atoms with van der Waals surface area (Å²) in [5, 5.41) is 13.3. The number of carbonyl (C=O) groups excluding carboxylic acids is 1. The van der Waals surface area contributed by atoms with Crippen LogP contribution in [0.4, 0.5) is 5.69 Å². The first kappa shape index (κ1) is 15.6. The second kappa shape index (κ2) is 5.94. The van der Waals surface area contributed by atoms with E-state index in [-0.39, 0.29) is 22.2 Å². The minimum Gasteiger partial charge on any atom is -0.348 e. The Labute approximate surface area is 125 Å². The lowest BCUT2D eigenvalue weighted by Crippen LogP contribution is -2.43. The van der Waals surface area contributed by atoms with Gasteiger partial charge in [0.1, 0.15) is 16.9 Å². The molecular formula is C11H12ClN3O5S. The van der Waals surface area contributed by atoms with Crippen molar-refractivity contribution >= 4 is 33.0 Å². The van der Waals surface area contributed by atoms with Crippen LogP contribution < -0.4 is 5.32 Å². The van der Waals surface area contributed by atoms with Gasteiger partial charge in [-0.05, 0) is 18.9 Å². The van der Waals surface area contributed by atoms with Crippen molar-refractivity contribution in [3.63, 3.8) is 0 Å². The molecule has 1 unspecified atom stereocenters. The molecule has 114 valence electrons. The van der Waals surface area contributed by atoms with Gasteiger partial charge in [-0.3, -0.25) is 14.9 Å². The van der Waals surface area contributed by atoms with E-state index in [0.717, 1.165) is 12.3 Å². The Morgan fingerprint density at radius 3 is 2.86 bits per heavy atom. The molecule has 1 fully saturated rings. The second-order valence-corrected chi connectivity index (χ2v) is 7.32. The van der Waals surface area contributed by atoms with E-state index in [9.17, 15) is 23.3 Å². The molecule has 21 heavy (non-hydrogen) atoms. The highest BCUT2D eigenvalue weighted by Crippen LogP contribution is 2.21. The quantitative estimate of drug-likeness (QED) is 0.499. The summed E-state index contributed by atoms with van der Waals surface area (Å²) in [6.07, 6.45) is 1.86. The number of aromatic nitrogens is 1. The molecule has 1 aromatic heterocycles. The molecule has 10 heteroatoms. The molecule has 0 aromatic carbocycles. The summed E-state index contributed by atoms with van der Waals surface area (Å²) >= 11 is 5.64. The van der Waals surface area contributed by atoms with E-state index in [0.29, 0.717) is 12.8 Å². The lowest BCUT2D eigenvalue weighted by Gasteiger charge is -2.22. The fraction of sp³-hybridized carbons (Fsp3) is 0.455. The summed E-state index contributed by atoms with van der Waals surface area (Å²) in [6, 6.07) is 0.537. The van der Waals surface area contributed by atoms with E-state index in [2.05, 4.69) is 10.3 Å². The Kier molecular flexibility index (Phi) is 4.43. The molecule has 1 aromatic rings. The molecule has 2 rings (SSSR count). The van der Waals surface area contributed by atoms with Crippen molar-refractivity contribution < 1.29 is 18.1 Å². The number of pyridine rings is 1. The van der Waals surface area contributed by atoms with Crippen molar-refractivity contribution in [3.8, 4) is 0 Å². The van der Waals surface area contributed by atoms with Gasteiger partial charge in [0.15, 0.2) is 9.84 Å². The Hall–Kier alpha value is -1.74. The Balaban J connectivity index is 2.21. The summed E-state index contributed by atoms with van der Waals surface area (Å²) in [5.74, 6) is -0.792. The van der Waals surface area contributed by atoms with Gasteiger partial charge in [-0.15, -0.1) is 0 Å². The Bertz CT molecular complexity index is 691. The summed E-state index contributed by atoms with van der Waals surface area (Å²) in [5.41, 5.74) is -0.710. The predicted octanol–water partition coefficient (Wildman–Crippen LogP) is 0.950. The summed E-state index contributed by atoms with van der Waals surface area (Å²) in [7, 11) is -3.18. The van der Waals surface area contributed by atoms with Gasteiger partial charge in [-0.25, -0.2) is 13.4 Å². The molecule has 0 spiro atoms. The first-order valence-corrected chi connectivity index (χ1v) is 8.29. The number of amides is 1. The highest BCUT2D eigenvalue weighted by molar-refractivity contribution is 7.91. The molecule has 2 heterocycles. The Morgan fingerprint density at radius 1 is 1.52 bits per heavy atom. The molecule has 1 aliphatic heterocycles. The topological polar surface area (TPSA) is 119 Å². The van der Waals surface area contributed by atoms with Gasteiger partial charge in [-0.2, -0.15) is 0 Å². The molecule has 1 aliphatic rings. The largest absolute Gasteiger partial charge is 0.348 e. The number of sulfone groups is 1. The molecule has 1 amide bonds. The fourth-order valence-electron chi connectivity index (χ4n) is 2.15. The van der Waals surface area contributed by atoms with Crippen LogP contribution in [0, 0.1) is 10.1 Å². The van der Waals surface area contributed by atoms with Gasteiger partial charge in [-0.1, -0.05) is 11.6 Å². The summed E-state index contributed by atoms with van der Waals surface area (Å²) < 4.78 is 23.0. The summed E-state index contributed by atoms with van der Waals surface area (Å²) in [4.78, 5) is 25.8. The number of nitrogens with zero attached hydrogens (tertiary/aromatic N) is 2. The van der Waals surface area contributed by atoms with E-state index in [1.165, 1.54) is 0 Å². The van der Waals surface area contributed by atoms with E-state index in [4.69, 9.17) is 11.6 Å². The SMILES string of the molecule is O=C(NC1CCCS(=O)(=O)C1)c1cc(Cl)ncc1[N+](=O)[O-]. The van der Waals surface area contributed by atoms with Crippen molar-refractivity contribution in [2.24, 2.45) is 0 Å². The number of nitro groups is 1. The molecule has 0 radical (unpaired) electrons.